The molecule has 31 heavy (non-hydrogen) atoms. The second kappa shape index (κ2) is 8.35. The number of amides is 1. The molecule has 2 saturated heterocycles. The Labute approximate surface area is 183 Å². The summed E-state index contributed by atoms with van der Waals surface area (Å²) in [6.07, 6.45) is 4.55. The van der Waals surface area contributed by atoms with Gasteiger partial charge in [-0.15, -0.1) is 0 Å². The lowest BCUT2D eigenvalue weighted by molar-refractivity contribution is -0.0845. The minimum atomic E-state index is -0.783. The van der Waals surface area contributed by atoms with Gasteiger partial charge < -0.3 is 14.7 Å². The molecule has 3 aromatic carbocycles. The van der Waals surface area contributed by atoms with Crippen molar-refractivity contribution in [2.24, 2.45) is 0 Å². The van der Waals surface area contributed by atoms with Gasteiger partial charge in [-0.3, -0.25) is 0 Å². The zero-order valence-corrected chi connectivity index (χ0v) is 17.7. The molecule has 0 radical (unpaired) electrons. The van der Waals surface area contributed by atoms with Crippen molar-refractivity contribution in [1.29, 1.82) is 0 Å². The van der Waals surface area contributed by atoms with Crippen LogP contribution in [0.3, 0.4) is 0 Å². The molecule has 2 atom stereocenters. The van der Waals surface area contributed by atoms with E-state index in [2.05, 4.69) is 30.3 Å². The number of rotatable bonds is 4. The largest absolute Gasteiger partial charge is 0.445 e. The topological polar surface area (TPSA) is 49.8 Å². The molecule has 2 heterocycles. The Morgan fingerprint density at radius 1 is 0.903 bits per heavy atom. The van der Waals surface area contributed by atoms with Gasteiger partial charge in [0.1, 0.15) is 6.61 Å². The molecule has 0 spiro atoms. The number of hydrogen-bond acceptors (Lipinski definition) is 3. The van der Waals surface area contributed by atoms with Crippen LogP contribution >= 0.6 is 0 Å². The van der Waals surface area contributed by atoms with Crippen LogP contribution in [0.4, 0.5) is 4.79 Å². The Hall–Kier alpha value is -2.85. The van der Waals surface area contributed by atoms with Crippen molar-refractivity contribution in [2.75, 3.05) is 0 Å². The lowest BCUT2D eigenvalue weighted by atomic mass is 9.73. The van der Waals surface area contributed by atoms with E-state index in [1.807, 2.05) is 47.4 Å². The molecular formula is C27H29NO3. The van der Waals surface area contributed by atoms with Crippen LogP contribution in [0, 0.1) is 0 Å². The smallest absolute Gasteiger partial charge is 0.410 e. The third-order valence-corrected chi connectivity index (χ3v) is 6.86. The van der Waals surface area contributed by atoms with Crippen LogP contribution < -0.4 is 0 Å². The number of carbonyl (C=O) groups excluding carboxylic acids is 1. The highest BCUT2D eigenvalue weighted by molar-refractivity contribution is 5.83. The molecule has 4 nitrogen and oxygen atoms in total. The molecule has 2 aliphatic heterocycles. The fourth-order valence-corrected chi connectivity index (χ4v) is 5.49. The van der Waals surface area contributed by atoms with Crippen LogP contribution in [0.2, 0.25) is 0 Å². The van der Waals surface area contributed by atoms with E-state index >= 15 is 0 Å². The summed E-state index contributed by atoms with van der Waals surface area (Å²) in [5.41, 5.74) is 1.36. The predicted octanol–water partition coefficient (Wildman–Crippen LogP) is 5.47. The monoisotopic (exact) mass is 415 g/mol. The molecule has 160 valence electrons. The quantitative estimate of drug-likeness (QED) is 0.615. The third-order valence-electron chi connectivity index (χ3n) is 6.86. The van der Waals surface area contributed by atoms with E-state index in [-0.39, 0.29) is 24.8 Å². The van der Waals surface area contributed by atoms with Gasteiger partial charge in [0, 0.05) is 18.5 Å². The van der Waals surface area contributed by atoms with E-state index in [1.165, 1.54) is 10.8 Å². The van der Waals surface area contributed by atoms with E-state index in [9.17, 15) is 9.90 Å². The zero-order chi connectivity index (χ0) is 21.3. The maximum absolute atomic E-state index is 12.9. The van der Waals surface area contributed by atoms with Gasteiger partial charge in [-0.2, -0.15) is 0 Å². The molecule has 0 saturated carbocycles. The first kappa shape index (κ1) is 20.1. The summed E-state index contributed by atoms with van der Waals surface area (Å²) in [7, 11) is 0. The molecule has 1 amide bonds. The van der Waals surface area contributed by atoms with E-state index in [1.54, 1.807) is 0 Å². The van der Waals surface area contributed by atoms with E-state index < -0.39 is 5.60 Å². The Morgan fingerprint density at radius 2 is 1.58 bits per heavy atom. The fourth-order valence-electron chi connectivity index (χ4n) is 5.49. The summed E-state index contributed by atoms with van der Waals surface area (Å²) in [5.74, 6) is 0. The van der Waals surface area contributed by atoms with Crippen molar-refractivity contribution in [3.05, 3.63) is 83.9 Å². The number of piperidine rings is 2. The zero-order valence-electron chi connectivity index (χ0n) is 17.7. The highest BCUT2D eigenvalue weighted by Gasteiger charge is 2.47. The molecule has 1 N–H and O–H groups in total. The maximum Gasteiger partial charge on any atom is 0.410 e. The number of aliphatic hydroxyl groups is 1. The highest BCUT2D eigenvalue weighted by atomic mass is 16.6. The summed E-state index contributed by atoms with van der Waals surface area (Å²) in [4.78, 5) is 14.8. The molecule has 4 heteroatoms. The summed E-state index contributed by atoms with van der Waals surface area (Å²) < 4.78 is 5.64. The minimum absolute atomic E-state index is 0.0428. The van der Waals surface area contributed by atoms with Crippen molar-refractivity contribution in [1.82, 2.24) is 4.90 Å². The van der Waals surface area contributed by atoms with Crippen LogP contribution in [0.15, 0.2) is 72.8 Å². The van der Waals surface area contributed by atoms with Crippen molar-refractivity contribution >= 4 is 16.9 Å². The summed E-state index contributed by atoms with van der Waals surface area (Å²) in [5, 5.41) is 13.9. The van der Waals surface area contributed by atoms with Gasteiger partial charge in [-0.05, 0) is 54.0 Å². The SMILES string of the molecule is O=C(OCc1ccccc1)N1C2CCCC1CC(O)(Cc1ccc3ccccc3c1)C2. The number of carbonyl (C=O) groups is 1. The van der Waals surface area contributed by atoms with E-state index in [0.717, 1.165) is 30.4 Å². The van der Waals surface area contributed by atoms with Crippen molar-refractivity contribution in [3.63, 3.8) is 0 Å². The van der Waals surface area contributed by atoms with Crippen LogP contribution in [0.1, 0.15) is 43.2 Å². The number of fused-ring (bicyclic) bond motifs is 3. The van der Waals surface area contributed by atoms with Gasteiger partial charge in [-0.1, -0.05) is 72.8 Å². The number of benzene rings is 3. The van der Waals surface area contributed by atoms with Crippen molar-refractivity contribution < 1.29 is 14.6 Å². The first-order valence-corrected chi connectivity index (χ1v) is 11.3. The van der Waals surface area contributed by atoms with Gasteiger partial charge >= 0.3 is 6.09 Å². The molecule has 0 aromatic heterocycles. The highest BCUT2D eigenvalue weighted by Crippen LogP contribution is 2.41. The van der Waals surface area contributed by atoms with Gasteiger partial charge in [0.15, 0.2) is 0 Å². The third kappa shape index (κ3) is 4.31. The molecule has 2 aliphatic rings. The summed E-state index contributed by atoms with van der Waals surface area (Å²) in [6, 6.07) is 24.6. The predicted molar refractivity (Wildman–Crippen MR) is 122 cm³/mol. The van der Waals surface area contributed by atoms with Crippen LogP contribution in [0.25, 0.3) is 10.8 Å². The second-order valence-corrected chi connectivity index (χ2v) is 9.18. The van der Waals surface area contributed by atoms with E-state index in [4.69, 9.17) is 4.74 Å². The summed E-state index contributed by atoms with van der Waals surface area (Å²) >= 11 is 0. The Balaban J connectivity index is 1.28. The molecule has 2 fully saturated rings. The first-order valence-electron chi connectivity index (χ1n) is 11.3. The molecule has 2 unspecified atom stereocenters. The van der Waals surface area contributed by atoms with Gasteiger partial charge in [0.2, 0.25) is 0 Å². The van der Waals surface area contributed by atoms with Gasteiger partial charge in [0.05, 0.1) is 5.60 Å². The fraction of sp³-hybridized carbons (Fsp3) is 0.370. The summed E-state index contributed by atoms with van der Waals surface area (Å²) in [6.45, 7) is 0.289. The lowest BCUT2D eigenvalue weighted by Crippen LogP contribution is -2.60. The van der Waals surface area contributed by atoms with Gasteiger partial charge in [-0.25, -0.2) is 4.79 Å². The molecule has 0 aliphatic carbocycles. The number of nitrogens with zero attached hydrogens (tertiary/aromatic N) is 1. The molecule has 3 aromatic rings. The Kier molecular flexibility index (Phi) is 5.41. The maximum atomic E-state index is 12.9. The number of ether oxygens (including phenoxy) is 1. The Morgan fingerprint density at radius 3 is 2.32 bits per heavy atom. The molecular weight excluding hydrogens is 386 g/mol. The first-order chi connectivity index (χ1) is 15.1. The van der Waals surface area contributed by atoms with Crippen LogP contribution in [0.5, 0.6) is 0 Å². The normalized spacial score (nSPS) is 25.4. The van der Waals surface area contributed by atoms with Crippen LogP contribution in [-0.4, -0.2) is 33.8 Å². The van der Waals surface area contributed by atoms with Gasteiger partial charge in [0.25, 0.3) is 0 Å². The standard InChI is InChI=1S/C27H29NO3/c29-26(31-19-20-7-2-1-3-8-20)28-24-11-6-12-25(28)18-27(30,17-24)16-21-13-14-22-9-4-5-10-23(22)15-21/h1-5,7-10,13-15,24-25,30H,6,11-12,16-19H2. The Bertz CT molecular complexity index is 1050. The van der Waals surface area contributed by atoms with Crippen LogP contribution in [-0.2, 0) is 17.8 Å². The average molecular weight is 416 g/mol. The van der Waals surface area contributed by atoms with Crippen molar-refractivity contribution in [2.45, 2.75) is 62.8 Å². The minimum Gasteiger partial charge on any atom is -0.445 e. The number of hydrogen-bond donors (Lipinski definition) is 1. The lowest BCUT2D eigenvalue weighted by Gasteiger charge is -2.51. The second-order valence-electron chi connectivity index (χ2n) is 9.18. The molecule has 2 bridgehead atoms. The average Bonchev–Trinajstić information content (AvgIpc) is 2.77. The van der Waals surface area contributed by atoms with E-state index in [0.29, 0.717) is 19.3 Å². The molecule has 5 rings (SSSR count). The van der Waals surface area contributed by atoms with Crippen molar-refractivity contribution in [3.8, 4) is 0 Å².